The van der Waals surface area contributed by atoms with E-state index in [0.717, 1.165) is 31.4 Å². The number of aliphatic hydroxyl groups excluding tert-OH is 1. The van der Waals surface area contributed by atoms with Crippen molar-refractivity contribution < 1.29 is 72.1 Å². The van der Waals surface area contributed by atoms with Crippen LogP contribution in [-0.2, 0) is 36.4 Å². The summed E-state index contributed by atoms with van der Waals surface area (Å²) in [6.45, 7) is -1.90. The maximum absolute atomic E-state index is 13.4. The number of methoxy groups -OCH3 is 1. The van der Waals surface area contributed by atoms with Crippen LogP contribution >= 0.6 is 0 Å². The number of nitrogens with one attached hydrogen (secondary N) is 1. The number of alkyl carbamates (subject to hydrolysis) is 1. The van der Waals surface area contributed by atoms with Gasteiger partial charge in [-0.15, -0.1) is 0 Å². The summed E-state index contributed by atoms with van der Waals surface area (Å²) in [5.74, 6) is -0.128. The molecule has 44 heavy (non-hydrogen) atoms. The first-order chi connectivity index (χ1) is 20.1. The van der Waals surface area contributed by atoms with Crippen molar-refractivity contribution in [1.82, 2.24) is 5.32 Å². The number of amides is 1. The number of halogens is 12. The fourth-order valence-electron chi connectivity index (χ4n) is 3.94. The van der Waals surface area contributed by atoms with Gasteiger partial charge in [0.05, 0.1) is 23.8 Å². The van der Waals surface area contributed by atoms with Crippen LogP contribution in [0.25, 0.3) is 11.1 Å². The fraction of sp³-hybridized carbons (Fsp3) is 0.296. The summed E-state index contributed by atoms with van der Waals surface area (Å²) in [5.41, 5.74) is -6.72. The summed E-state index contributed by atoms with van der Waals surface area (Å²) in [7, 11) is 1.11. The summed E-state index contributed by atoms with van der Waals surface area (Å²) in [4.78, 5) is 12.3. The van der Waals surface area contributed by atoms with Crippen molar-refractivity contribution in [1.29, 1.82) is 0 Å². The number of aliphatic hydroxyl groups is 1. The molecule has 240 valence electrons. The zero-order valence-electron chi connectivity index (χ0n) is 21.9. The van der Waals surface area contributed by atoms with Crippen molar-refractivity contribution in [2.45, 2.75) is 44.0 Å². The third-order valence-electron chi connectivity index (χ3n) is 6.01. The molecule has 1 unspecified atom stereocenters. The average Bonchev–Trinajstić information content (AvgIpc) is 2.92. The third-order valence-corrected chi connectivity index (χ3v) is 6.01. The van der Waals surface area contributed by atoms with Crippen molar-refractivity contribution in [3.8, 4) is 16.9 Å². The Labute approximate surface area is 240 Å². The van der Waals surface area contributed by atoms with Gasteiger partial charge in [-0.25, -0.2) is 4.79 Å². The summed E-state index contributed by atoms with van der Waals surface area (Å²) in [6.07, 6.45) is -24.8. The Balaban J connectivity index is 1.92. The second-order valence-electron chi connectivity index (χ2n) is 9.12. The predicted octanol–water partition coefficient (Wildman–Crippen LogP) is 8.44. The Morgan fingerprint density at radius 1 is 0.750 bits per heavy atom. The van der Waals surface area contributed by atoms with Crippen LogP contribution in [0.4, 0.5) is 57.5 Å². The van der Waals surface area contributed by atoms with Crippen LogP contribution in [0.3, 0.4) is 0 Å². The molecule has 0 aromatic heterocycles. The Morgan fingerprint density at radius 3 is 1.82 bits per heavy atom. The van der Waals surface area contributed by atoms with Crippen LogP contribution in [0.15, 0.2) is 54.6 Å². The molecule has 0 bridgehead atoms. The minimum atomic E-state index is -5.17. The molecule has 0 aliphatic rings. The quantitative estimate of drug-likeness (QED) is 0.252. The minimum absolute atomic E-state index is 0.128. The Kier molecular flexibility index (Phi) is 9.72. The number of benzene rings is 3. The lowest BCUT2D eigenvalue weighted by atomic mass is 9.94. The van der Waals surface area contributed by atoms with E-state index in [0.29, 0.717) is 24.3 Å². The molecule has 0 saturated carbocycles. The number of carbonyl (C=O) groups is 1. The molecule has 3 rings (SSSR count). The largest absolute Gasteiger partial charge is 0.496 e. The molecule has 0 spiro atoms. The molecular formula is C27H19F12NO4. The second-order valence-corrected chi connectivity index (χ2v) is 9.12. The van der Waals surface area contributed by atoms with E-state index in [9.17, 15) is 62.6 Å². The lowest BCUT2D eigenvalue weighted by molar-refractivity contribution is -0.206. The van der Waals surface area contributed by atoms with Gasteiger partial charge in [0.1, 0.15) is 12.4 Å². The van der Waals surface area contributed by atoms with Crippen molar-refractivity contribution >= 4 is 6.09 Å². The highest BCUT2D eigenvalue weighted by atomic mass is 19.4. The van der Waals surface area contributed by atoms with E-state index < -0.39 is 77.9 Å². The van der Waals surface area contributed by atoms with Crippen molar-refractivity contribution in [2.75, 3.05) is 7.11 Å². The van der Waals surface area contributed by atoms with E-state index >= 15 is 0 Å². The van der Waals surface area contributed by atoms with Gasteiger partial charge in [0.15, 0.2) is 6.10 Å². The Morgan fingerprint density at radius 2 is 1.32 bits per heavy atom. The molecular weight excluding hydrogens is 630 g/mol. The number of hydrogen-bond donors (Lipinski definition) is 2. The van der Waals surface area contributed by atoms with Crippen molar-refractivity contribution in [3.05, 3.63) is 88.0 Å². The van der Waals surface area contributed by atoms with Crippen LogP contribution < -0.4 is 10.1 Å². The summed E-state index contributed by atoms with van der Waals surface area (Å²) < 4.78 is 168. The van der Waals surface area contributed by atoms with Crippen LogP contribution in [0.2, 0.25) is 0 Å². The first kappa shape index (κ1) is 34.3. The van der Waals surface area contributed by atoms with E-state index in [4.69, 9.17) is 4.74 Å². The smallest absolute Gasteiger partial charge is 0.418 e. The number of rotatable bonds is 7. The Bertz CT molecular complexity index is 1460. The molecule has 17 heteroatoms. The van der Waals surface area contributed by atoms with Gasteiger partial charge in [-0.3, -0.25) is 0 Å². The van der Waals surface area contributed by atoms with Gasteiger partial charge >= 0.3 is 30.8 Å². The van der Waals surface area contributed by atoms with Crippen molar-refractivity contribution in [2.24, 2.45) is 0 Å². The molecule has 0 aliphatic heterocycles. The molecule has 0 heterocycles. The van der Waals surface area contributed by atoms with Crippen LogP contribution in [0.5, 0.6) is 5.75 Å². The standard InChI is InChI=1S/C27H19F12NO4/c1-43-21-5-2-14(22(41)27(37,38)39)9-20(21)19-4-3-16(24(28,29)30)8-15(19)11-40-23(42)44-12-13-6-17(25(31,32)33)10-18(7-13)26(34,35)36/h2-10,22,41H,11-12H2,1H3,(H,40,42). The topological polar surface area (TPSA) is 67.8 Å². The van der Waals surface area contributed by atoms with Crippen molar-refractivity contribution in [3.63, 3.8) is 0 Å². The van der Waals surface area contributed by atoms with Crippen LogP contribution in [0.1, 0.15) is 39.5 Å². The van der Waals surface area contributed by atoms with Crippen LogP contribution in [-0.4, -0.2) is 24.5 Å². The van der Waals surface area contributed by atoms with E-state index in [1.54, 1.807) is 0 Å². The highest BCUT2D eigenvalue weighted by Gasteiger charge is 2.40. The van der Waals surface area contributed by atoms with Crippen LogP contribution in [0, 0.1) is 0 Å². The van der Waals surface area contributed by atoms with Gasteiger partial charge in [-0.2, -0.15) is 52.7 Å². The molecule has 3 aromatic carbocycles. The molecule has 0 radical (unpaired) electrons. The van der Waals surface area contributed by atoms with E-state index in [1.807, 2.05) is 5.32 Å². The van der Waals surface area contributed by atoms with Gasteiger partial charge in [-0.05, 0) is 64.7 Å². The third kappa shape index (κ3) is 8.48. The molecule has 0 fully saturated rings. The maximum Gasteiger partial charge on any atom is 0.418 e. The highest BCUT2D eigenvalue weighted by molar-refractivity contribution is 5.75. The predicted molar refractivity (Wildman–Crippen MR) is 128 cm³/mol. The monoisotopic (exact) mass is 649 g/mol. The molecule has 1 amide bonds. The first-order valence-corrected chi connectivity index (χ1v) is 11.9. The summed E-state index contributed by atoms with van der Waals surface area (Å²) >= 11 is 0. The molecule has 5 nitrogen and oxygen atoms in total. The Hall–Kier alpha value is -4.15. The van der Waals surface area contributed by atoms with E-state index in [-0.39, 0.29) is 28.5 Å². The van der Waals surface area contributed by atoms with Gasteiger partial charge in [-0.1, -0.05) is 12.1 Å². The van der Waals surface area contributed by atoms with E-state index in [1.165, 1.54) is 0 Å². The lowest BCUT2D eigenvalue weighted by Crippen LogP contribution is -2.24. The average molecular weight is 649 g/mol. The summed E-state index contributed by atoms with van der Waals surface area (Å²) in [5, 5.41) is 11.7. The second kappa shape index (κ2) is 12.5. The fourth-order valence-corrected chi connectivity index (χ4v) is 3.94. The number of carbonyl (C=O) groups excluding carboxylic acids is 1. The normalized spacial score (nSPS) is 13.4. The minimum Gasteiger partial charge on any atom is -0.496 e. The zero-order valence-corrected chi connectivity index (χ0v) is 21.9. The molecule has 1 atom stereocenters. The molecule has 0 aliphatic carbocycles. The molecule has 3 aromatic rings. The zero-order chi connectivity index (χ0) is 33.3. The molecule has 2 N–H and O–H groups in total. The number of alkyl halides is 12. The maximum atomic E-state index is 13.4. The van der Waals surface area contributed by atoms with Gasteiger partial charge in [0.2, 0.25) is 0 Å². The highest BCUT2D eigenvalue weighted by Crippen LogP contribution is 2.41. The van der Waals surface area contributed by atoms with Gasteiger partial charge in [0, 0.05) is 12.1 Å². The SMILES string of the molecule is COc1ccc(C(O)C(F)(F)F)cc1-c1ccc(C(F)(F)F)cc1CNC(=O)OCc1cc(C(F)(F)F)cc(C(F)(F)F)c1. The first-order valence-electron chi connectivity index (χ1n) is 11.9. The number of hydrogen-bond acceptors (Lipinski definition) is 4. The van der Waals surface area contributed by atoms with Gasteiger partial charge < -0.3 is 19.9 Å². The summed E-state index contributed by atoms with van der Waals surface area (Å²) in [6, 6.07) is 5.19. The van der Waals surface area contributed by atoms with Gasteiger partial charge in [0.25, 0.3) is 0 Å². The van der Waals surface area contributed by atoms with E-state index in [2.05, 4.69) is 4.74 Å². The lowest BCUT2D eigenvalue weighted by Gasteiger charge is -2.20. The number of ether oxygens (including phenoxy) is 2. The molecule has 0 saturated heterocycles.